The second kappa shape index (κ2) is 15.6. The molecule has 0 spiro atoms. The molecule has 2 aromatic carbocycles. The number of amides is 1. The van der Waals surface area contributed by atoms with E-state index in [1.807, 2.05) is 53.1 Å². The molecule has 4 rings (SSSR count). The molecular weight excluding hydrogens is 558 g/mol. The Labute approximate surface area is 258 Å². The molecule has 0 saturated carbocycles. The molecule has 4 aromatic rings. The molecule has 1 amide bonds. The molecule has 2 aromatic heterocycles. The summed E-state index contributed by atoms with van der Waals surface area (Å²) in [4.78, 5) is 23.1. The van der Waals surface area contributed by atoms with Crippen LogP contribution in [-0.2, 0) is 17.8 Å². The lowest BCUT2D eigenvalue weighted by Gasteiger charge is -2.29. The van der Waals surface area contributed by atoms with Crippen molar-refractivity contribution in [1.82, 2.24) is 25.0 Å². The maximum atomic E-state index is 14.5. The quantitative estimate of drug-likeness (QED) is 0.150. The van der Waals surface area contributed by atoms with Gasteiger partial charge in [-0.1, -0.05) is 32.4 Å². The summed E-state index contributed by atoms with van der Waals surface area (Å²) in [5.41, 5.74) is 7.37. The van der Waals surface area contributed by atoms with Crippen LogP contribution in [0.25, 0.3) is 0 Å². The van der Waals surface area contributed by atoms with Gasteiger partial charge in [-0.05, 0) is 90.6 Å². The van der Waals surface area contributed by atoms with Crippen molar-refractivity contribution in [2.75, 3.05) is 19.0 Å². The van der Waals surface area contributed by atoms with Crippen molar-refractivity contribution < 1.29 is 9.53 Å². The number of hydrogen-bond acceptors (Lipinski definition) is 7. The summed E-state index contributed by atoms with van der Waals surface area (Å²) >= 11 is 5.82. The fourth-order valence-corrected chi connectivity index (χ4v) is 4.87. The van der Waals surface area contributed by atoms with Crippen molar-refractivity contribution >= 4 is 28.9 Å². The number of pyridine rings is 1. The van der Waals surface area contributed by atoms with Gasteiger partial charge in [-0.3, -0.25) is 9.78 Å². The predicted octanol–water partition coefficient (Wildman–Crippen LogP) is 5.70. The first-order chi connectivity index (χ1) is 20.9. The Morgan fingerprint density at radius 3 is 2.44 bits per heavy atom. The molecule has 0 fully saturated rings. The number of benzene rings is 2. The fourth-order valence-electron chi connectivity index (χ4n) is 4.59. The number of anilines is 1. The molecule has 10 heteroatoms. The monoisotopic (exact) mass is 595 g/mol. The maximum absolute atomic E-state index is 14.5. The van der Waals surface area contributed by atoms with Crippen molar-refractivity contribution in [2.45, 2.75) is 45.6 Å². The highest BCUT2D eigenvalue weighted by atomic mass is 32.1. The lowest BCUT2D eigenvalue weighted by atomic mass is 9.95. The first-order valence-electron chi connectivity index (χ1n) is 14.3. The van der Waals surface area contributed by atoms with E-state index in [1.54, 1.807) is 44.2 Å². The molecule has 43 heavy (non-hydrogen) atoms. The largest absolute Gasteiger partial charge is 0.497 e. The molecule has 0 radical (unpaired) electrons. The number of carbonyl (C=O) groups is 1. The number of hydrogen-bond donors (Lipinski definition) is 2. The van der Waals surface area contributed by atoms with Crippen molar-refractivity contribution in [2.24, 2.45) is 5.92 Å². The van der Waals surface area contributed by atoms with E-state index in [4.69, 9.17) is 17.0 Å². The van der Waals surface area contributed by atoms with E-state index in [0.717, 1.165) is 41.1 Å². The van der Waals surface area contributed by atoms with Crippen molar-refractivity contribution in [1.29, 1.82) is 5.26 Å². The van der Waals surface area contributed by atoms with E-state index in [0.29, 0.717) is 31.0 Å². The van der Waals surface area contributed by atoms with Gasteiger partial charge in [0, 0.05) is 37.4 Å². The molecule has 1 unspecified atom stereocenters. The van der Waals surface area contributed by atoms with Crippen molar-refractivity contribution in [3.05, 3.63) is 108 Å². The number of methoxy groups -OCH3 is 1. The normalized spacial score (nSPS) is 12.1. The lowest BCUT2D eigenvalue weighted by Crippen LogP contribution is -2.51. The minimum atomic E-state index is -0.602. The third-order valence-electron chi connectivity index (χ3n) is 7.39. The van der Waals surface area contributed by atoms with E-state index < -0.39 is 5.92 Å². The average molecular weight is 596 g/mol. The minimum Gasteiger partial charge on any atom is -0.497 e. The number of nitrogens with one attached hydrogen (secondary N) is 2. The highest BCUT2D eigenvalue weighted by molar-refractivity contribution is 7.80. The number of rotatable bonds is 13. The zero-order valence-corrected chi connectivity index (χ0v) is 25.6. The molecular formula is C33H37N7O2S. The number of nitrogens with zero attached hydrogens (tertiary/aromatic N) is 5. The maximum Gasteiger partial charge on any atom is 0.252 e. The standard InChI is InChI=1S/C33H37N7O2S/c1-4-24(2)13-18-37-40(33(43)38-28-9-11-29(42-3)12-10-28)32(41)30(19-25-14-16-35-17-15-25)31-21-36-23-39(31)22-27-7-5-26(20-34)6-8-27/h5-12,14-17,21,23-24,30,37H,4,13,18-19,22H2,1-3H3,(H,38,43)/t24-,30?/m0/s1. The van der Waals surface area contributed by atoms with Gasteiger partial charge in [0.15, 0.2) is 5.11 Å². The second-order valence-corrected chi connectivity index (χ2v) is 10.8. The van der Waals surface area contributed by atoms with Gasteiger partial charge in [-0.25, -0.2) is 15.4 Å². The van der Waals surface area contributed by atoms with Gasteiger partial charge in [0.05, 0.1) is 36.7 Å². The first-order valence-corrected chi connectivity index (χ1v) is 14.7. The predicted molar refractivity (Wildman–Crippen MR) is 171 cm³/mol. The number of carbonyl (C=O) groups excluding carboxylic acids is 1. The van der Waals surface area contributed by atoms with E-state index in [-0.39, 0.29) is 11.0 Å². The Morgan fingerprint density at radius 2 is 1.79 bits per heavy atom. The van der Waals surface area contributed by atoms with Crippen LogP contribution in [0.1, 0.15) is 55.0 Å². The van der Waals surface area contributed by atoms with Crippen LogP contribution >= 0.6 is 12.2 Å². The number of ether oxygens (including phenoxy) is 1. The van der Waals surface area contributed by atoms with E-state index >= 15 is 0 Å². The Balaban J connectivity index is 1.66. The van der Waals surface area contributed by atoms with Crippen LogP contribution in [0.5, 0.6) is 5.75 Å². The van der Waals surface area contributed by atoms with Gasteiger partial charge in [0.1, 0.15) is 5.75 Å². The SMILES string of the molecule is CC[C@H](C)CCNN(C(=O)C(Cc1ccncc1)c1cncn1Cc1ccc(C#N)cc1)C(=S)Nc1ccc(OC)cc1. The van der Waals surface area contributed by atoms with Gasteiger partial charge in [0.2, 0.25) is 0 Å². The number of hydrazine groups is 1. The summed E-state index contributed by atoms with van der Waals surface area (Å²) in [6.07, 6.45) is 9.28. The molecule has 2 heterocycles. The lowest BCUT2D eigenvalue weighted by molar-refractivity contribution is -0.131. The third kappa shape index (κ3) is 8.70. The smallest absolute Gasteiger partial charge is 0.252 e. The molecule has 0 aliphatic heterocycles. The van der Waals surface area contributed by atoms with Crippen LogP contribution in [0.2, 0.25) is 0 Å². The van der Waals surface area contributed by atoms with E-state index in [1.165, 1.54) is 5.01 Å². The summed E-state index contributed by atoms with van der Waals surface area (Å²) in [6.45, 7) is 5.42. The highest BCUT2D eigenvalue weighted by Gasteiger charge is 2.31. The molecule has 9 nitrogen and oxygen atoms in total. The molecule has 2 N–H and O–H groups in total. The van der Waals surface area contributed by atoms with Crippen LogP contribution in [0.3, 0.4) is 0 Å². The topological polar surface area (TPSA) is 108 Å². The van der Waals surface area contributed by atoms with Gasteiger partial charge >= 0.3 is 0 Å². The summed E-state index contributed by atoms with van der Waals surface area (Å²) in [5, 5.41) is 14.1. The van der Waals surface area contributed by atoms with E-state index in [9.17, 15) is 10.1 Å². The summed E-state index contributed by atoms with van der Waals surface area (Å²) in [7, 11) is 1.61. The van der Waals surface area contributed by atoms with Crippen molar-refractivity contribution in [3.8, 4) is 11.8 Å². The Hall–Kier alpha value is -4.59. The van der Waals surface area contributed by atoms with Crippen molar-refractivity contribution in [3.63, 3.8) is 0 Å². The Morgan fingerprint density at radius 1 is 1.07 bits per heavy atom. The van der Waals surface area contributed by atoms with Gasteiger partial charge in [-0.2, -0.15) is 5.26 Å². The molecule has 2 atom stereocenters. The summed E-state index contributed by atoms with van der Waals surface area (Å²) in [6, 6.07) is 20.8. The average Bonchev–Trinajstić information content (AvgIpc) is 3.50. The summed E-state index contributed by atoms with van der Waals surface area (Å²) in [5.74, 6) is 0.418. The van der Waals surface area contributed by atoms with Crippen LogP contribution in [0.4, 0.5) is 5.69 Å². The molecule has 0 saturated heterocycles. The number of nitriles is 1. The number of thiocarbonyl (C=S) groups is 1. The second-order valence-electron chi connectivity index (χ2n) is 10.4. The minimum absolute atomic E-state index is 0.200. The molecule has 222 valence electrons. The molecule has 0 aliphatic rings. The van der Waals surface area contributed by atoms with Gasteiger partial charge in [-0.15, -0.1) is 0 Å². The summed E-state index contributed by atoms with van der Waals surface area (Å²) < 4.78 is 7.25. The zero-order chi connectivity index (χ0) is 30.6. The number of aromatic nitrogens is 3. The zero-order valence-electron chi connectivity index (χ0n) is 24.7. The molecule has 0 aliphatic carbocycles. The Kier molecular flexibility index (Phi) is 11.4. The third-order valence-corrected chi connectivity index (χ3v) is 7.68. The highest BCUT2D eigenvalue weighted by Crippen LogP contribution is 2.25. The van der Waals surface area contributed by atoms with Crippen LogP contribution in [-0.4, -0.2) is 44.2 Å². The first kappa shape index (κ1) is 31.3. The fraction of sp³-hybridized carbons (Fsp3) is 0.303. The van der Waals surface area contributed by atoms with E-state index in [2.05, 4.69) is 40.6 Å². The Bertz CT molecular complexity index is 1520. The number of imidazole rings is 1. The van der Waals surface area contributed by atoms with Crippen LogP contribution in [0, 0.1) is 17.2 Å². The van der Waals surface area contributed by atoms with Crippen LogP contribution < -0.4 is 15.5 Å². The van der Waals surface area contributed by atoms with Gasteiger partial charge < -0.3 is 14.6 Å². The van der Waals surface area contributed by atoms with Crippen LogP contribution in [0.15, 0.2) is 85.6 Å². The van der Waals surface area contributed by atoms with Gasteiger partial charge in [0.25, 0.3) is 5.91 Å². The molecule has 0 bridgehead atoms.